The summed E-state index contributed by atoms with van der Waals surface area (Å²) in [6, 6.07) is 23.0. The number of methoxy groups -OCH3 is 1. The van der Waals surface area contributed by atoms with E-state index in [-0.39, 0.29) is 12.2 Å². The molecule has 5 nitrogen and oxygen atoms in total. The first-order valence-electron chi connectivity index (χ1n) is 11.7. The molecule has 0 heterocycles. The van der Waals surface area contributed by atoms with Crippen LogP contribution >= 0.6 is 0 Å². The van der Waals surface area contributed by atoms with E-state index in [0.29, 0.717) is 33.9 Å². The van der Waals surface area contributed by atoms with Gasteiger partial charge < -0.3 is 19.3 Å². The van der Waals surface area contributed by atoms with Crippen LogP contribution in [0.5, 0.6) is 17.2 Å². The number of halogens is 3. The third kappa shape index (κ3) is 6.45. The van der Waals surface area contributed by atoms with E-state index in [1.165, 1.54) is 12.1 Å². The van der Waals surface area contributed by atoms with E-state index < -0.39 is 24.3 Å². The number of carboxylic acid groups (broad SMARTS) is 1. The zero-order valence-corrected chi connectivity index (χ0v) is 20.7. The summed E-state index contributed by atoms with van der Waals surface area (Å²) in [7, 11) is 1.56. The molecule has 0 saturated carbocycles. The number of ether oxygens (including phenoxy) is 3. The molecule has 4 aromatic carbocycles. The SMILES string of the molecule is COc1ccc(-c2cc(COc3ccc(OCC(=O)O)c(C)c3)cc(-c3ccccc3C(F)(F)F)c2)cc1. The maximum Gasteiger partial charge on any atom is 0.417 e. The van der Waals surface area contributed by atoms with E-state index >= 15 is 0 Å². The van der Waals surface area contributed by atoms with Gasteiger partial charge in [-0.05, 0) is 94.9 Å². The van der Waals surface area contributed by atoms with Crippen LogP contribution in [0.2, 0.25) is 0 Å². The molecular formula is C30H25F3O5. The summed E-state index contributed by atoms with van der Waals surface area (Å²) in [5.41, 5.74) is 2.69. The van der Waals surface area contributed by atoms with Crippen molar-refractivity contribution in [2.45, 2.75) is 19.7 Å². The van der Waals surface area contributed by atoms with Gasteiger partial charge in [-0.3, -0.25) is 0 Å². The Morgan fingerprint density at radius 3 is 2.16 bits per heavy atom. The molecule has 0 aliphatic heterocycles. The molecule has 4 aromatic rings. The quantitative estimate of drug-likeness (QED) is 0.248. The molecular weight excluding hydrogens is 497 g/mol. The number of carbonyl (C=O) groups is 1. The smallest absolute Gasteiger partial charge is 0.417 e. The van der Waals surface area contributed by atoms with Gasteiger partial charge in [0.2, 0.25) is 0 Å². The fourth-order valence-corrected chi connectivity index (χ4v) is 4.04. The van der Waals surface area contributed by atoms with E-state index in [1.807, 2.05) is 18.2 Å². The number of hydrogen-bond acceptors (Lipinski definition) is 4. The van der Waals surface area contributed by atoms with Crippen molar-refractivity contribution in [1.82, 2.24) is 0 Å². The fourth-order valence-electron chi connectivity index (χ4n) is 4.04. The summed E-state index contributed by atoms with van der Waals surface area (Å²) in [6.07, 6.45) is -4.51. The van der Waals surface area contributed by atoms with E-state index in [4.69, 9.17) is 19.3 Å². The molecule has 0 amide bonds. The first kappa shape index (κ1) is 26.6. The fraction of sp³-hybridized carbons (Fsp3) is 0.167. The molecule has 1 N–H and O–H groups in total. The molecule has 38 heavy (non-hydrogen) atoms. The third-order valence-corrected chi connectivity index (χ3v) is 5.86. The minimum Gasteiger partial charge on any atom is -0.497 e. The van der Waals surface area contributed by atoms with Gasteiger partial charge in [0.25, 0.3) is 0 Å². The average molecular weight is 523 g/mol. The van der Waals surface area contributed by atoms with Crippen LogP contribution in [-0.4, -0.2) is 24.8 Å². The van der Waals surface area contributed by atoms with Crippen LogP contribution in [0.3, 0.4) is 0 Å². The van der Waals surface area contributed by atoms with Crippen molar-refractivity contribution in [3.8, 4) is 39.5 Å². The lowest BCUT2D eigenvalue weighted by atomic mass is 9.93. The molecule has 0 aliphatic rings. The number of aryl methyl sites for hydroxylation is 1. The zero-order valence-electron chi connectivity index (χ0n) is 20.7. The second-order valence-corrected chi connectivity index (χ2v) is 8.59. The summed E-state index contributed by atoms with van der Waals surface area (Å²) < 4.78 is 57.8. The van der Waals surface area contributed by atoms with Crippen LogP contribution in [0.4, 0.5) is 13.2 Å². The minimum absolute atomic E-state index is 0.0763. The molecule has 0 unspecified atom stereocenters. The topological polar surface area (TPSA) is 65.0 Å². The second-order valence-electron chi connectivity index (χ2n) is 8.59. The van der Waals surface area contributed by atoms with Gasteiger partial charge in [-0.25, -0.2) is 4.79 Å². The maximum atomic E-state index is 13.8. The molecule has 0 atom stereocenters. The number of rotatable bonds is 9. The summed E-state index contributed by atoms with van der Waals surface area (Å²) in [6.45, 7) is 1.40. The van der Waals surface area contributed by atoms with Gasteiger partial charge in [-0.2, -0.15) is 13.2 Å². The number of hydrogen-bond donors (Lipinski definition) is 1. The summed E-state index contributed by atoms with van der Waals surface area (Å²) >= 11 is 0. The van der Waals surface area contributed by atoms with Crippen molar-refractivity contribution >= 4 is 5.97 Å². The summed E-state index contributed by atoms with van der Waals surface area (Å²) in [5.74, 6) is 0.524. The van der Waals surface area contributed by atoms with Crippen molar-refractivity contribution < 1.29 is 37.3 Å². The molecule has 0 aliphatic carbocycles. The first-order valence-corrected chi connectivity index (χ1v) is 11.7. The summed E-state index contributed by atoms with van der Waals surface area (Å²) in [4.78, 5) is 10.8. The third-order valence-electron chi connectivity index (χ3n) is 5.86. The van der Waals surface area contributed by atoms with Crippen LogP contribution in [0.25, 0.3) is 22.3 Å². The summed E-state index contributed by atoms with van der Waals surface area (Å²) in [5, 5.41) is 8.81. The van der Waals surface area contributed by atoms with Crippen LogP contribution < -0.4 is 14.2 Å². The predicted molar refractivity (Wildman–Crippen MR) is 138 cm³/mol. The monoisotopic (exact) mass is 522 g/mol. The predicted octanol–water partition coefficient (Wildman–Crippen LogP) is 7.40. The Bertz CT molecular complexity index is 1430. The minimum atomic E-state index is -4.51. The molecule has 0 aromatic heterocycles. The highest BCUT2D eigenvalue weighted by atomic mass is 19.4. The van der Waals surface area contributed by atoms with Crippen molar-refractivity contribution in [3.05, 3.63) is 102 Å². The zero-order chi connectivity index (χ0) is 27.3. The van der Waals surface area contributed by atoms with E-state index in [1.54, 1.807) is 62.6 Å². The van der Waals surface area contributed by atoms with Gasteiger partial charge in [0.15, 0.2) is 6.61 Å². The maximum absolute atomic E-state index is 13.8. The van der Waals surface area contributed by atoms with Crippen molar-refractivity contribution in [3.63, 3.8) is 0 Å². The molecule has 0 radical (unpaired) electrons. The number of alkyl halides is 3. The van der Waals surface area contributed by atoms with E-state index in [2.05, 4.69) is 0 Å². The van der Waals surface area contributed by atoms with E-state index in [0.717, 1.165) is 17.2 Å². The Morgan fingerprint density at radius 1 is 0.816 bits per heavy atom. The highest BCUT2D eigenvalue weighted by molar-refractivity contribution is 5.76. The number of benzene rings is 4. The molecule has 0 bridgehead atoms. The normalized spacial score (nSPS) is 11.2. The Morgan fingerprint density at radius 2 is 1.50 bits per heavy atom. The van der Waals surface area contributed by atoms with Crippen molar-refractivity contribution in [2.24, 2.45) is 0 Å². The second kappa shape index (κ2) is 11.3. The lowest BCUT2D eigenvalue weighted by Crippen LogP contribution is -2.10. The lowest BCUT2D eigenvalue weighted by molar-refractivity contribution is -0.139. The van der Waals surface area contributed by atoms with Crippen molar-refractivity contribution in [2.75, 3.05) is 13.7 Å². The van der Waals surface area contributed by atoms with Crippen LogP contribution in [0.15, 0.2) is 84.9 Å². The van der Waals surface area contributed by atoms with E-state index in [9.17, 15) is 18.0 Å². The molecule has 4 rings (SSSR count). The van der Waals surface area contributed by atoms with Crippen molar-refractivity contribution in [1.29, 1.82) is 0 Å². The first-order chi connectivity index (χ1) is 18.1. The lowest BCUT2D eigenvalue weighted by Gasteiger charge is -2.16. The molecule has 8 heteroatoms. The Kier molecular flexibility index (Phi) is 7.90. The molecule has 0 saturated heterocycles. The van der Waals surface area contributed by atoms with Gasteiger partial charge in [0.05, 0.1) is 12.7 Å². The van der Waals surface area contributed by atoms with Gasteiger partial charge in [-0.15, -0.1) is 0 Å². The Balaban J connectivity index is 1.68. The van der Waals surface area contributed by atoms with Crippen LogP contribution in [-0.2, 0) is 17.6 Å². The molecule has 196 valence electrons. The molecule has 0 fully saturated rings. The Hall–Kier alpha value is -4.46. The number of carboxylic acids is 1. The molecule has 0 spiro atoms. The van der Waals surface area contributed by atoms with Gasteiger partial charge in [0.1, 0.15) is 23.9 Å². The van der Waals surface area contributed by atoms with Crippen LogP contribution in [0.1, 0.15) is 16.7 Å². The number of aliphatic carboxylic acids is 1. The van der Waals surface area contributed by atoms with Gasteiger partial charge in [0, 0.05) is 0 Å². The highest BCUT2D eigenvalue weighted by Gasteiger charge is 2.33. The standard InChI is InChI=1S/C30H25F3O5/c1-19-13-25(11-12-28(19)38-18-29(34)35)37-17-20-14-22(21-7-9-24(36-2)10-8-21)16-23(15-20)26-5-3-4-6-27(26)30(31,32)33/h3-16H,17-18H2,1-2H3,(H,34,35). The largest absolute Gasteiger partial charge is 0.497 e. The van der Waals surface area contributed by atoms with Gasteiger partial charge >= 0.3 is 12.1 Å². The van der Waals surface area contributed by atoms with Crippen LogP contribution in [0, 0.1) is 6.92 Å². The Labute approximate surface area is 218 Å². The highest BCUT2D eigenvalue weighted by Crippen LogP contribution is 2.39. The van der Waals surface area contributed by atoms with Gasteiger partial charge in [-0.1, -0.05) is 30.3 Å². The average Bonchev–Trinajstić information content (AvgIpc) is 2.90.